The maximum atomic E-state index is 11.2. The Labute approximate surface area is 93.2 Å². The number of hydrogen-bond donors (Lipinski definition) is 0. The van der Waals surface area contributed by atoms with Crippen LogP contribution in [0, 0.1) is 0 Å². The third kappa shape index (κ3) is 3.40. The molecule has 0 fully saturated rings. The zero-order chi connectivity index (χ0) is 11.3. The number of nitrogens with zero attached hydrogens (tertiary/aromatic N) is 1. The highest BCUT2D eigenvalue weighted by Crippen LogP contribution is 2.15. The quantitative estimate of drug-likeness (QED) is 0.586. The maximum absolute atomic E-state index is 11.2. The maximum Gasteiger partial charge on any atom is 0.347 e. The van der Waals surface area contributed by atoms with E-state index in [2.05, 4.69) is 9.72 Å². The van der Waals surface area contributed by atoms with Crippen LogP contribution in [0.15, 0.2) is 18.3 Å². The Morgan fingerprint density at radius 2 is 2.33 bits per heavy atom. The van der Waals surface area contributed by atoms with Crippen molar-refractivity contribution in [2.24, 2.45) is 0 Å². The lowest BCUT2D eigenvalue weighted by Gasteiger charge is -2.14. The number of ether oxygens (including phenoxy) is 2. The van der Waals surface area contributed by atoms with E-state index >= 15 is 0 Å². The van der Waals surface area contributed by atoms with E-state index in [1.807, 2.05) is 6.92 Å². The molecule has 0 aliphatic rings. The van der Waals surface area contributed by atoms with Crippen LogP contribution in [0.25, 0.3) is 0 Å². The van der Waals surface area contributed by atoms with E-state index in [-0.39, 0.29) is 0 Å². The van der Waals surface area contributed by atoms with Gasteiger partial charge < -0.3 is 9.47 Å². The number of halogens is 1. The van der Waals surface area contributed by atoms with Crippen LogP contribution in [0.2, 0.25) is 5.15 Å². The van der Waals surface area contributed by atoms with E-state index < -0.39 is 12.1 Å². The average Bonchev–Trinajstić information content (AvgIpc) is 2.27. The predicted molar refractivity (Wildman–Crippen MR) is 56.0 cm³/mol. The number of rotatable bonds is 4. The topological polar surface area (TPSA) is 48.4 Å². The van der Waals surface area contributed by atoms with Crippen molar-refractivity contribution in [2.45, 2.75) is 19.4 Å². The van der Waals surface area contributed by atoms with Crippen LogP contribution in [0.4, 0.5) is 0 Å². The van der Waals surface area contributed by atoms with Crippen molar-refractivity contribution in [3.8, 4) is 5.75 Å². The monoisotopic (exact) mass is 229 g/mol. The fraction of sp³-hybridized carbons (Fsp3) is 0.400. The highest BCUT2D eigenvalue weighted by Gasteiger charge is 2.18. The lowest BCUT2D eigenvalue weighted by molar-refractivity contribution is -0.148. The van der Waals surface area contributed by atoms with E-state index in [1.165, 1.54) is 13.3 Å². The number of carbonyl (C=O) groups is 1. The SMILES string of the molecule is CCC(Oc1ccc(Cl)nc1)C(=O)OC. The van der Waals surface area contributed by atoms with Crippen molar-refractivity contribution >= 4 is 17.6 Å². The van der Waals surface area contributed by atoms with E-state index in [1.54, 1.807) is 12.1 Å². The molecule has 1 heterocycles. The highest BCUT2D eigenvalue weighted by atomic mass is 35.5. The highest BCUT2D eigenvalue weighted by molar-refractivity contribution is 6.29. The zero-order valence-corrected chi connectivity index (χ0v) is 9.32. The Morgan fingerprint density at radius 3 is 2.80 bits per heavy atom. The van der Waals surface area contributed by atoms with Crippen molar-refractivity contribution in [3.05, 3.63) is 23.5 Å². The summed E-state index contributed by atoms with van der Waals surface area (Å²) in [5, 5.41) is 0.383. The van der Waals surface area contributed by atoms with Crippen LogP contribution in [-0.2, 0) is 9.53 Å². The van der Waals surface area contributed by atoms with E-state index in [0.717, 1.165) is 0 Å². The van der Waals surface area contributed by atoms with Gasteiger partial charge in [0.25, 0.3) is 0 Å². The molecule has 0 bridgehead atoms. The van der Waals surface area contributed by atoms with Crippen molar-refractivity contribution in [3.63, 3.8) is 0 Å². The van der Waals surface area contributed by atoms with Crippen molar-refractivity contribution in [1.82, 2.24) is 4.98 Å². The summed E-state index contributed by atoms with van der Waals surface area (Å²) in [7, 11) is 1.33. The smallest absolute Gasteiger partial charge is 0.347 e. The molecule has 0 aromatic carbocycles. The number of carbonyl (C=O) groups excluding carboxylic acids is 1. The largest absolute Gasteiger partial charge is 0.477 e. The van der Waals surface area contributed by atoms with Gasteiger partial charge in [0.05, 0.1) is 13.3 Å². The third-order valence-corrected chi connectivity index (χ3v) is 2.04. The first-order chi connectivity index (χ1) is 7.17. The van der Waals surface area contributed by atoms with Crippen molar-refractivity contribution in [1.29, 1.82) is 0 Å². The summed E-state index contributed by atoms with van der Waals surface area (Å²) in [5.74, 6) is 0.101. The minimum atomic E-state index is -0.599. The fourth-order valence-corrected chi connectivity index (χ4v) is 1.14. The first-order valence-corrected chi connectivity index (χ1v) is 4.91. The molecule has 1 atom stereocenters. The Morgan fingerprint density at radius 1 is 1.60 bits per heavy atom. The van der Waals surface area contributed by atoms with Gasteiger partial charge in [-0.15, -0.1) is 0 Å². The molecule has 0 spiro atoms. The van der Waals surface area contributed by atoms with Crippen molar-refractivity contribution < 1.29 is 14.3 Å². The summed E-state index contributed by atoms with van der Waals surface area (Å²) in [6.07, 6.45) is 1.40. The first-order valence-electron chi connectivity index (χ1n) is 4.53. The van der Waals surface area contributed by atoms with Gasteiger partial charge in [0.1, 0.15) is 10.9 Å². The molecule has 5 heteroatoms. The van der Waals surface area contributed by atoms with Gasteiger partial charge in [-0.2, -0.15) is 0 Å². The van der Waals surface area contributed by atoms with Crippen LogP contribution in [0.3, 0.4) is 0 Å². The van der Waals surface area contributed by atoms with Crippen LogP contribution in [0.1, 0.15) is 13.3 Å². The minimum Gasteiger partial charge on any atom is -0.477 e. The molecular formula is C10H12ClNO3. The van der Waals surface area contributed by atoms with Crippen LogP contribution in [0.5, 0.6) is 5.75 Å². The normalized spacial score (nSPS) is 11.9. The molecule has 0 radical (unpaired) electrons. The van der Waals surface area contributed by atoms with Gasteiger partial charge in [0.2, 0.25) is 0 Å². The summed E-state index contributed by atoms with van der Waals surface area (Å²) < 4.78 is 9.96. The second-order valence-corrected chi connectivity index (χ2v) is 3.24. The molecule has 1 aromatic heterocycles. The molecule has 4 nitrogen and oxygen atoms in total. The van der Waals surface area contributed by atoms with Crippen LogP contribution >= 0.6 is 11.6 Å². The van der Waals surface area contributed by atoms with Gasteiger partial charge in [-0.1, -0.05) is 18.5 Å². The van der Waals surface area contributed by atoms with Gasteiger partial charge in [-0.05, 0) is 18.6 Å². The third-order valence-electron chi connectivity index (χ3n) is 1.81. The van der Waals surface area contributed by atoms with Crippen LogP contribution < -0.4 is 4.74 Å². The molecule has 0 saturated carbocycles. The number of aromatic nitrogens is 1. The van der Waals surface area contributed by atoms with E-state index in [4.69, 9.17) is 16.3 Å². The molecular weight excluding hydrogens is 218 g/mol. The first kappa shape index (κ1) is 11.8. The lowest BCUT2D eigenvalue weighted by atomic mass is 10.3. The van der Waals surface area contributed by atoms with Gasteiger partial charge in [0, 0.05) is 0 Å². The zero-order valence-electron chi connectivity index (χ0n) is 8.57. The second kappa shape index (κ2) is 5.56. The second-order valence-electron chi connectivity index (χ2n) is 2.85. The average molecular weight is 230 g/mol. The Hall–Kier alpha value is -1.29. The molecule has 0 aliphatic carbocycles. The van der Waals surface area contributed by atoms with Gasteiger partial charge in [-0.3, -0.25) is 0 Å². The van der Waals surface area contributed by atoms with Gasteiger partial charge >= 0.3 is 5.97 Å². The van der Waals surface area contributed by atoms with Crippen molar-refractivity contribution in [2.75, 3.05) is 7.11 Å². The van der Waals surface area contributed by atoms with E-state index in [0.29, 0.717) is 17.3 Å². The molecule has 0 saturated heterocycles. The minimum absolute atomic E-state index is 0.383. The number of pyridine rings is 1. The van der Waals surface area contributed by atoms with Gasteiger partial charge in [-0.25, -0.2) is 9.78 Å². The summed E-state index contributed by atoms with van der Waals surface area (Å²) in [6.45, 7) is 1.84. The lowest BCUT2D eigenvalue weighted by Crippen LogP contribution is -2.27. The molecule has 1 rings (SSSR count). The number of methoxy groups -OCH3 is 1. The molecule has 15 heavy (non-hydrogen) atoms. The molecule has 1 aromatic rings. The molecule has 0 amide bonds. The predicted octanol–water partition coefficient (Wildman–Crippen LogP) is 2.07. The van der Waals surface area contributed by atoms with E-state index in [9.17, 15) is 4.79 Å². The molecule has 0 N–H and O–H groups in total. The summed E-state index contributed by atoms with van der Waals surface area (Å²) in [6, 6.07) is 3.25. The Kier molecular flexibility index (Phi) is 4.37. The Balaban J connectivity index is 2.66. The van der Waals surface area contributed by atoms with Gasteiger partial charge in [0.15, 0.2) is 6.10 Å². The van der Waals surface area contributed by atoms with Crippen LogP contribution in [-0.4, -0.2) is 24.2 Å². The summed E-state index contributed by atoms with van der Waals surface area (Å²) >= 11 is 5.61. The molecule has 0 aliphatic heterocycles. The number of esters is 1. The standard InChI is InChI=1S/C10H12ClNO3/c1-3-8(10(13)14-2)15-7-4-5-9(11)12-6-7/h4-6,8H,3H2,1-2H3. The fourth-order valence-electron chi connectivity index (χ4n) is 1.03. The molecule has 1 unspecified atom stereocenters. The Bertz CT molecular complexity index is 326. The number of hydrogen-bond acceptors (Lipinski definition) is 4. The summed E-state index contributed by atoms with van der Waals surface area (Å²) in [4.78, 5) is 15.1. The summed E-state index contributed by atoms with van der Waals surface area (Å²) in [5.41, 5.74) is 0. The molecule has 82 valence electrons.